The summed E-state index contributed by atoms with van der Waals surface area (Å²) in [7, 11) is 1.88. The highest BCUT2D eigenvalue weighted by Crippen LogP contribution is 2.19. The van der Waals surface area contributed by atoms with Gasteiger partial charge in [-0.15, -0.1) is 11.3 Å². The van der Waals surface area contributed by atoms with E-state index in [1.165, 1.54) is 17.1 Å². The molecule has 2 fully saturated rings. The number of guanidine groups is 1. The number of nitrogens with one attached hydrogen (secondary N) is 1. The Morgan fingerprint density at radius 2 is 2.20 bits per heavy atom. The lowest BCUT2D eigenvalue weighted by Crippen LogP contribution is -2.46. The molecule has 0 aliphatic carbocycles. The second-order valence-electron chi connectivity index (χ2n) is 7.09. The first-order chi connectivity index (χ1) is 12.2. The first kappa shape index (κ1) is 18.6. The third-order valence-electron chi connectivity index (χ3n) is 4.96. The molecule has 1 aromatic rings. The molecule has 2 aliphatic heterocycles. The monoisotopic (exact) mass is 365 g/mol. The molecule has 7 heteroatoms. The Balaban J connectivity index is 1.44. The number of aromatic nitrogens is 1. The molecule has 0 saturated carbocycles. The summed E-state index contributed by atoms with van der Waals surface area (Å²) in [6.07, 6.45) is 2.16. The smallest absolute Gasteiger partial charge is 0.193 e. The highest BCUT2D eigenvalue weighted by molar-refractivity contribution is 7.09. The van der Waals surface area contributed by atoms with Crippen molar-refractivity contribution in [1.29, 1.82) is 0 Å². The maximum Gasteiger partial charge on any atom is 0.193 e. The van der Waals surface area contributed by atoms with Crippen LogP contribution in [0.25, 0.3) is 0 Å². The Morgan fingerprint density at radius 1 is 1.40 bits per heavy atom. The SMILES string of the molecule is CN=C(NCCc1csc(C(C)C)n1)N1CCC(N2CCOCC2)C1. The van der Waals surface area contributed by atoms with E-state index < -0.39 is 0 Å². The van der Waals surface area contributed by atoms with E-state index in [1.807, 2.05) is 7.05 Å². The normalized spacial score (nSPS) is 22.8. The zero-order chi connectivity index (χ0) is 17.6. The van der Waals surface area contributed by atoms with Crippen LogP contribution in [0.5, 0.6) is 0 Å². The summed E-state index contributed by atoms with van der Waals surface area (Å²) in [5.74, 6) is 1.54. The molecule has 1 N–H and O–H groups in total. The molecule has 0 amide bonds. The maximum absolute atomic E-state index is 5.47. The van der Waals surface area contributed by atoms with Gasteiger partial charge in [0.1, 0.15) is 0 Å². The van der Waals surface area contributed by atoms with Crippen molar-refractivity contribution in [2.75, 3.05) is 53.0 Å². The van der Waals surface area contributed by atoms with Crippen LogP contribution >= 0.6 is 11.3 Å². The number of nitrogens with zero attached hydrogens (tertiary/aromatic N) is 4. The standard InChI is InChI=1S/C18H31N5OS/c1-14(2)17-21-15(13-25-17)4-6-20-18(19-3)23-7-5-16(12-23)22-8-10-24-11-9-22/h13-14,16H,4-12H2,1-3H3,(H,19,20). The molecule has 25 heavy (non-hydrogen) atoms. The summed E-state index contributed by atoms with van der Waals surface area (Å²) in [6, 6.07) is 0.634. The molecule has 1 atom stereocenters. The van der Waals surface area contributed by atoms with Crippen LogP contribution in [0, 0.1) is 0 Å². The van der Waals surface area contributed by atoms with Crippen LogP contribution in [0.4, 0.5) is 0 Å². The Morgan fingerprint density at radius 3 is 2.88 bits per heavy atom. The van der Waals surface area contributed by atoms with Crippen molar-refractivity contribution >= 4 is 17.3 Å². The molecule has 3 heterocycles. The van der Waals surface area contributed by atoms with E-state index >= 15 is 0 Å². The van der Waals surface area contributed by atoms with E-state index in [-0.39, 0.29) is 0 Å². The summed E-state index contributed by atoms with van der Waals surface area (Å²) >= 11 is 1.77. The largest absolute Gasteiger partial charge is 0.379 e. The number of thiazole rings is 1. The minimum atomic E-state index is 0.515. The minimum absolute atomic E-state index is 0.515. The number of hydrogen-bond acceptors (Lipinski definition) is 5. The fourth-order valence-corrected chi connectivity index (χ4v) is 4.38. The zero-order valence-corrected chi connectivity index (χ0v) is 16.5. The van der Waals surface area contributed by atoms with Crippen molar-refractivity contribution in [3.05, 3.63) is 16.1 Å². The second kappa shape index (κ2) is 8.96. The third kappa shape index (κ3) is 4.92. The predicted molar refractivity (Wildman–Crippen MR) is 104 cm³/mol. The van der Waals surface area contributed by atoms with Gasteiger partial charge in [-0.25, -0.2) is 4.98 Å². The number of morpholine rings is 1. The second-order valence-corrected chi connectivity index (χ2v) is 7.98. The van der Waals surface area contributed by atoms with Gasteiger partial charge in [0.15, 0.2) is 5.96 Å². The van der Waals surface area contributed by atoms with Gasteiger partial charge < -0.3 is 15.0 Å². The minimum Gasteiger partial charge on any atom is -0.379 e. The lowest BCUT2D eigenvalue weighted by atomic mass is 10.2. The van der Waals surface area contributed by atoms with Crippen LogP contribution in [0.3, 0.4) is 0 Å². The van der Waals surface area contributed by atoms with Gasteiger partial charge in [-0.3, -0.25) is 9.89 Å². The fourth-order valence-electron chi connectivity index (χ4n) is 3.51. The molecule has 0 bridgehead atoms. The average molecular weight is 366 g/mol. The van der Waals surface area contributed by atoms with E-state index in [0.29, 0.717) is 12.0 Å². The number of ether oxygens (including phenoxy) is 1. The highest BCUT2D eigenvalue weighted by atomic mass is 32.1. The summed E-state index contributed by atoms with van der Waals surface area (Å²) < 4.78 is 5.47. The predicted octanol–water partition coefficient (Wildman–Crippen LogP) is 1.79. The lowest BCUT2D eigenvalue weighted by Gasteiger charge is -2.32. The van der Waals surface area contributed by atoms with E-state index in [2.05, 4.69) is 39.3 Å². The Kier molecular flexibility index (Phi) is 6.67. The molecular formula is C18H31N5OS. The van der Waals surface area contributed by atoms with Crippen LogP contribution in [-0.4, -0.2) is 79.8 Å². The van der Waals surface area contributed by atoms with Gasteiger partial charge in [-0.05, 0) is 6.42 Å². The zero-order valence-electron chi connectivity index (χ0n) is 15.7. The van der Waals surface area contributed by atoms with Gasteiger partial charge in [0.25, 0.3) is 0 Å². The Hall–Kier alpha value is -1.18. The number of rotatable bonds is 5. The molecule has 0 radical (unpaired) electrons. The van der Waals surface area contributed by atoms with Crippen molar-refractivity contribution in [2.45, 2.75) is 38.6 Å². The molecule has 140 valence electrons. The van der Waals surface area contributed by atoms with Gasteiger partial charge in [-0.1, -0.05) is 13.8 Å². The molecule has 1 aromatic heterocycles. The number of likely N-dealkylation sites (tertiary alicyclic amines) is 1. The van der Waals surface area contributed by atoms with Gasteiger partial charge in [0.2, 0.25) is 0 Å². The van der Waals surface area contributed by atoms with E-state index in [4.69, 9.17) is 9.72 Å². The summed E-state index contributed by atoms with van der Waals surface area (Å²) in [4.78, 5) is 14.2. The molecule has 0 aromatic carbocycles. The topological polar surface area (TPSA) is 53.0 Å². The average Bonchev–Trinajstić information content (AvgIpc) is 3.29. The van der Waals surface area contributed by atoms with Crippen LogP contribution < -0.4 is 5.32 Å². The van der Waals surface area contributed by atoms with Crippen molar-refractivity contribution in [1.82, 2.24) is 20.1 Å². The van der Waals surface area contributed by atoms with Crippen LogP contribution in [-0.2, 0) is 11.2 Å². The number of aliphatic imine (C=N–C) groups is 1. The Bertz CT molecular complexity index is 568. The summed E-state index contributed by atoms with van der Waals surface area (Å²) in [5.41, 5.74) is 1.18. The van der Waals surface area contributed by atoms with Gasteiger partial charge in [0, 0.05) is 63.5 Å². The molecule has 2 saturated heterocycles. The van der Waals surface area contributed by atoms with Crippen molar-refractivity contribution in [3.63, 3.8) is 0 Å². The van der Waals surface area contributed by atoms with Crippen LogP contribution in [0.15, 0.2) is 10.4 Å². The van der Waals surface area contributed by atoms with Gasteiger partial charge in [-0.2, -0.15) is 0 Å². The van der Waals surface area contributed by atoms with E-state index in [9.17, 15) is 0 Å². The van der Waals surface area contributed by atoms with Crippen molar-refractivity contribution < 1.29 is 4.74 Å². The van der Waals surface area contributed by atoms with E-state index in [0.717, 1.165) is 58.3 Å². The molecule has 2 aliphatic rings. The summed E-state index contributed by atoms with van der Waals surface area (Å²) in [6.45, 7) is 11.3. The highest BCUT2D eigenvalue weighted by Gasteiger charge is 2.30. The van der Waals surface area contributed by atoms with Gasteiger partial charge >= 0.3 is 0 Å². The van der Waals surface area contributed by atoms with Crippen molar-refractivity contribution in [3.8, 4) is 0 Å². The lowest BCUT2D eigenvalue weighted by molar-refractivity contribution is 0.0195. The first-order valence-corrected chi connectivity index (χ1v) is 10.3. The Labute approximate surface area is 155 Å². The maximum atomic E-state index is 5.47. The molecule has 1 unspecified atom stereocenters. The first-order valence-electron chi connectivity index (χ1n) is 9.39. The van der Waals surface area contributed by atoms with E-state index in [1.54, 1.807) is 11.3 Å². The van der Waals surface area contributed by atoms with Gasteiger partial charge in [0.05, 0.1) is 23.9 Å². The van der Waals surface area contributed by atoms with Crippen LogP contribution in [0.2, 0.25) is 0 Å². The molecule has 0 spiro atoms. The quantitative estimate of drug-likeness (QED) is 0.637. The molecular weight excluding hydrogens is 334 g/mol. The number of hydrogen-bond donors (Lipinski definition) is 1. The van der Waals surface area contributed by atoms with Crippen LogP contribution in [0.1, 0.15) is 36.9 Å². The fraction of sp³-hybridized carbons (Fsp3) is 0.778. The molecule has 6 nitrogen and oxygen atoms in total. The summed E-state index contributed by atoms with van der Waals surface area (Å²) in [5, 5.41) is 6.93. The molecule has 3 rings (SSSR count). The van der Waals surface area contributed by atoms with Crippen molar-refractivity contribution in [2.24, 2.45) is 4.99 Å². The third-order valence-corrected chi connectivity index (χ3v) is 6.16.